The quantitative estimate of drug-likeness (QED) is 0.860. The molecule has 1 aliphatic rings. The van der Waals surface area contributed by atoms with Crippen LogP contribution in [0.2, 0.25) is 0 Å². The maximum absolute atomic E-state index is 13.7. The summed E-state index contributed by atoms with van der Waals surface area (Å²) in [7, 11) is 0. The van der Waals surface area contributed by atoms with Gasteiger partial charge in [-0.3, -0.25) is 0 Å². The summed E-state index contributed by atoms with van der Waals surface area (Å²) in [5, 5.41) is 0. The minimum atomic E-state index is -0.234. The fourth-order valence-corrected chi connectivity index (χ4v) is 3.58. The molecule has 1 atom stereocenters. The first-order chi connectivity index (χ1) is 10.2. The van der Waals surface area contributed by atoms with E-state index in [4.69, 9.17) is 12.2 Å². The summed E-state index contributed by atoms with van der Waals surface area (Å²) in [5.41, 5.74) is 1.39. The first kappa shape index (κ1) is 14.7. The Kier molecular flexibility index (Phi) is 4.40. The molecule has 1 N–H and O–H groups in total. The number of hydrogen-bond donors (Lipinski definition) is 1. The van der Waals surface area contributed by atoms with Gasteiger partial charge in [-0.1, -0.05) is 12.5 Å². The second-order valence-electron chi connectivity index (χ2n) is 5.95. The minimum Gasteiger partial charge on any atom is -0.328 e. The molecule has 0 bridgehead atoms. The van der Waals surface area contributed by atoms with Crippen LogP contribution in [0.25, 0.3) is 11.0 Å². The highest BCUT2D eigenvalue weighted by Gasteiger charge is 2.17. The van der Waals surface area contributed by atoms with Crippen molar-refractivity contribution in [1.29, 1.82) is 0 Å². The smallest absolute Gasteiger partial charge is 0.178 e. The average molecular weight is 307 g/mol. The SMILES string of the molecule is CC1CCCCN1CCCn1c(=S)[nH]c2c(F)cccc21. The number of imidazole rings is 1. The molecule has 0 aliphatic carbocycles. The lowest BCUT2D eigenvalue weighted by Crippen LogP contribution is -2.38. The predicted molar refractivity (Wildman–Crippen MR) is 86.6 cm³/mol. The number of fused-ring (bicyclic) bond motifs is 1. The zero-order valence-electron chi connectivity index (χ0n) is 12.4. The molecule has 1 aliphatic heterocycles. The molecular weight excluding hydrogens is 285 g/mol. The van der Waals surface area contributed by atoms with Crippen molar-refractivity contribution in [3.8, 4) is 0 Å². The Bertz CT molecular complexity index is 676. The number of likely N-dealkylation sites (tertiary alicyclic amines) is 1. The van der Waals surface area contributed by atoms with E-state index < -0.39 is 0 Å². The Morgan fingerprint density at radius 1 is 1.33 bits per heavy atom. The third-order valence-electron chi connectivity index (χ3n) is 4.53. The van der Waals surface area contributed by atoms with E-state index >= 15 is 0 Å². The lowest BCUT2D eigenvalue weighted by atomic mass is 10.0. The fraction of sp³-hybridized carbons (Fsp3) is 0.562. The molecule has 1 aromatic carbocycles. The summed E-state index contributed by atoms with van der Waals surface area (Å²) in [6.45, 7) is 5.44. The molecule has 114 valence electrons. The van der Waals surface area contributed by atoms with Gasteiger partial charge in [0.05, 0.1) is 5.52 Å². The van der Waals surface area contributed by atoms with Crippen LogP contribution in [0.15, 0.2) is 18.2 Å². The Balaban J connectivity index is 1.69. The molecule has 3 rings (SSSR count). The lowest BCUT2D eigenvalue weighted by molar-refractivity contribution is 0.157. The number of aryl methyl sites for hydroxylation is 1. The number of benzene rings is 1. The van der Waals surface area contributed by atoms with Crippen LogP contribution >= 0.6 is 12.2 Å². The van der Waals surface area contributed by atoms with Crippen molar-refractivity contribution in [2.45, 2.75) is 45.2 Å². The van der Waals surface area contributed by atoms with Gasteiger partial charge in [-0.25, -0.2) is 4.39 Å². The van der Waals surface area contributed by atoms with Gasteiger partial charge >= 0.3 is 0 Å². The summed E-state index contributed by atoms with van der Waals surface area (Å²) in [6.07, 6.45) is 5.01. The molecule has 0 spiro atoms. The molecule has 21 heavy (non-hydrogen) atoms. The zero-order chi connectivity index (χ0) is 14.8. The van der Waals surface area contributed by atoms with E-state index in [1.165, 1.54) is 31.9 Å². The predicted octanol–water partition coefficient (Wildman–Crippen LogP) is 4.10. The molecule has 3 nitrogen and oxygen atoms in total. The number of aromatic nitrogens is 2. The largest absolute Gasteiger partial charge is 0.328 e. The Hall–Kier alpha value is -1.20. The van der Waals surface area contributed by atoms with Gasteiger partial charge in [-0.05, 0) is 57.1 Å². The molecule has 1 fully saturated rings. The highest BCUT2D eigenvalue weighted by atomic mass is 32.1. The molecule has 0 saturated carbocycles. The van der Waals surface area contributed by atoms with Gasteiger partial charge in [0.25, 0.3) is 0 Å². The van der Waals surface area contributed by atoms with Gasteiger partial charge < -0.3 is 14.5 Å². The Morgan fingerprint density at radius 3 is 3.00 bits per heavy atom. The number of nitrogens with one attached hydrogen (secondary N) is 1. The summed E-state index contributed by atoms with van der Waals surface area (Å²) in [4.78, 5) is 5.54. The van der Waals surface area contributed by atoms with E-state index in [0.29, 0.717) is 16.3 Å². The van der Waals surface area contributed by atoms with E-state index in [1.54, 1.807) is 6.07 Å². The van der Waals surface area contributed by atoms with Gasteiger partial charge in [0.15, 0.2) is 4.77 Å². The molecule has 0 amide bonds. The number of para-hydroxylation sites is 1. The molecule has 2 heterocycles. The number of hydrogen-bond acceptors (Lipinski definition) is 2. The van der Waals surface area contributed by atoms with Crippen LogP contribution < -0.4 is 0 Å². The molecule has 5 heteroatoms. The van der Waals surface area contributed by atoms with Crippen molar-refractivity contribution in [3.63, 3.8) is 0 Å². The topological polar surface area (TPSA) is 24.0 Å². The number of halogens is 1. The maximum atomic E-state index is 13.7. The lowest BCUT2D eigenvalue weighted by Gasteiger charge is -2.33. The van der Waals surface area contributed by atoms with Gasteiger partial charge in [0.2, 0.25) is 0 Å². The van der Waals surface area contributed by atoms with Gasteiger partial charge in [-0.2, -0.15) is 0 Å². The third kappa shape index (κ3) is 3.04. The molecule has 2 aromatic rings. The van der Waals surface area contributed by atoms with E-state index in [0.717, 1.165) is 25.0 Å². The highest BCUT2D eigenvalue weighted by Crippen LogP contribution is 2.19. The van der Waals surface area contributed by atoms with Crippen LogP contribution in [0.1, 0.15) is 32.6 Å². The normalized spacial score (nSPS) is 20.2. The standard InChI is InChI=1S/C16H22FN3S/c1-12-6-2-3-9-19(12)10-5-11-20-14-8-4-7-13(17)15(14)18-16(20)21/h4,7-8,12H,2-3,5-6,9-11H2,1H3,(H,18,21). The maximum Gasteiger partial charge on any atom is 0.178 e. The van der Waals surface area contributed by atoms with E-state index in [-0.39, 0.29) is 5.82 Å². The monoisotopic (exact) mass is 307 g/mol. The summed E-state index contributed by atoms with van der Waals surface area (Å²) in [5.74, 6) is -0.234. The van der Waals surface area contributed by atoms with Crippen LogP contribution in [-0.4, -0.2) is 33.6 Å². The minimum absolute atomic E-state index is 0.234. The van der Waals surface area contributed by atoms with Crippen molar-refractivity contribution in [2.24, 2.45) is 0 Å². The van der Waals surface area contributed by atoms with Crippen molar-refractivity contribution in [2.75, 3.05) is 13.1 Å². The van der Waals surface area contributed by atoms with Crippen molar-refractivity contribution >= 4 is 23.3 Å². The molecular formula is C16H22FN3S. The summed E-state index contributed by atoms with van der Waals surface area (Å²) >= 11 is 5.33. The second-order valence-corrected chi connectivity index (χ2v) is 6.34. The average Bonchev–Trinajstić information content (AvgIpc) is 2.79. The zero-order valence-corrected chi connectivity index (χ0v) is 13.3. The number of nitrogens with zero attached hydrogens (tertiary/aromatic N) is 2. The van der Waals surface area contributed by atoms with Crippen LogP contribution in [0.5, 0.6) is 0 Å². The van der Waals surface area contributed by atoms with Crippen LogP contribution in [0.4, 0.5) is 4.39 Å². The van der Waals surface area contributed by atoms with Crippen LogP contribution in [0.3, 0.4) is 0 Å². The first-order valence-corrected chi connectivity index (χ1v) is 8.19. The number of aromatic amines is 1. The first-order valence-electron chi connectivity index (χ1n) is 7.78. The van der Waals surface area contributed by atoms with E-state index in [1.807, 2.05) is 10.6 Å². The highest BCUT2D eigenvalue weighted by molar-refractivity contribution is 7.71. The molecule has 0 radical (unpaired) electrons. The fourth-order valence-electron chi connectivity index (χ4n) is 3.29. The third-order valence-corrected chi connectivity index (χ3v) is 4.85. The number of H-pyrrole nitrogens is 1. The molecule has 1 saturated heterocycles. The summed E-state index contributed by atoms with van der Waals surface area (Å²) in [6, 6.07) is 5.82. The Labute approximate surface area is 129 Å². The van der Waals surface area contributed by atoms with Gasteiger partial charge in [-0.15, -0.1) is 0 Å². The number of piperidine rings is 1. The van der Waals surface area contributed by atoms with E-state index in [9.17, 15) is 4.39 Å². The van der Waals surface area contributed by atoms with Crippen molar-refractivity contribution < 1.29 is 4.39 Å². The molecule has 1 unspecified atom stereocenters. The second kappa shape index (κ2) is 6.28. The summed E-state index contributed by atoms with van der Waals surface area (Å²) < 4.78 is 16.4. The molecule has 1 aromatic heterocycles. The van der Waals surface area contributed by atoms with Crippen LogP contribution in [0, 0.1) is 10.6 Å². The van der Waals surface area contributed by atoms with Crippen LogP contribution in [-0.2, 0) is 6.54 Å². The number of rotatable bonds is 4. The van der Waals surface area contributed by atoms with E-state index in [2.05, 4.69) is 16.8 Å². The van der Waals surface area contributed by atoms with Crippen molar-refractivity contribution in [3.05, 3.63) is 28.8 Å². The van der Waals surface area contributed by atoms with Gasteiger partial charge in [0.1, 0.15) is 11.3 Å². The van der Waals surface area contributed by atoms with Crippen molar-refractivity contribution in [1.82, 2.24) is 14.5 Å². The Morgan fingerprint density at radius 2 is 2.19 bits per heavy atom. The van der Waals surface area contributed by atoms with Gasteiger partial charge in [0, 0.05) is 19.1 Å².